The molecule has 0 bridgehead atoms. The summed E-state index contributed by atoms with van der Waals surface area (Å²) in [5.74, 6) is 0. The van der Waals surface area contributed by atoms with E-state index in [1.807, 2.05) is 72.8 Å². The normalized spacial score (nSPS) is 10.2. The summed E-state index contributed by atoms with van der Waals surface area (Å²) in [6.45, 7) is 0. The van der Waals surface area contributed by atoms with Gasteiger partial charge in [-0.05, 0) is 48.5 Å². The number of hydrogen-bond acceptors (Lipinski definition) is 2. The van der Waals surface area contributed by atoms with E-state index in [1.54, 1.807) is 0 Å². The van der Waals surface area contributed by atoms with Crippen molar-refractivity contribution < 1.29 is 0 Å². The van der Waals surface area contributed by atoms with Crippen LogP contribution in [0.1, 0.15) is 0 Å². The molecule has 0 heterocycles. The molecule has 2 N–H and O–H groups in total. The van der Waals surface area contributed by atoms with Crippen LogP contribution in [0.2, 0.25) is 0 Å². The van der Waals surface area contributed by atoms with Crippen LogP contribution in [-0.4, -0.2) is 7.85 Å². The highest BCUT2D eigenvalue weighted by atomic mass is 79.9. The Morgan fingerprint density at radius 1 is 0.636 bits per heavy atom. The average molecular weight is 349 g/mol. The average Bonchev–Trinajstić information content (AvgIpc) is 2.54. The van der Waals surface area contributed by atoms with Gasteiger partial charge in [-0.15, -0.1) is 0 Å². The molecule has 22 heavy (non-hydrogen) atoms. The second-order valence-electron chi connectivity index (χ2n) is 4.92. The van der Waals surface area contributed by atoms with E-state index in [2.05, 4.69) is 26.6 Å². The van der Waals surface area contributed by atoms with E-state index in [4.69, 9.17) is 7.85 Å². The van der Waals surface area contributed by atoms with Crippen LogP contribution in [0.15, 0.2) is 77.3 Å². The van der Waals surface area contributed by atoms with Gasteiger partial charge in [-0.2, -0.15) is 0 Å². The van der Waals surface area contributed by atoms with Crippen molar-refractivity contribution in [3.05, 3.63) is 77.3 Å². The summed E-state index contributed by atoms with van der Waals surface area (Å²) >= 11 is 3.45. The van der Waals surface area contributed by atoms with Gasteiger partial charge in [0, 0.05) is 15.8 Å². The van der Waals surface area contributed by atoms with Crippen LogP contribution in [0, 0.1) is 0 Å². The molecule has 3 aromatic carbocycles. The van der Waals surface area contributed by atoms with Crippen molar-refractivity contribution in [2.45, 2.75) is 0 Å². The van der Waals surface area contributed by atoms with Crippen molar-refractivity contribution >= 4 is 52.0 Å². The number of nitrogens with one attached hydrogen (secondary N) is 2. The number of anilines is 4. The highest BCUT2D eigenvalue weighted by Gasteiger charge is 2.03. The lowest BCUT2D eigenvalue weighted by molar-refractivity contribution is 1.50. The fraction of sp³-hybridized carbons (Fsp3) is 0. The zero-order chi connectivity index (χ0) is 15.4. The molecular weight excluding hydrogens is 335 g/mol. The van der Waals surface area contributed by atoms with Gasteiger partial charge in [-0.25, -0.2) is 0 Å². The topological polar surface area (TPSA) is 24.1 Å². The van der Waals surface area contributed by atoms with Crippen molar-refractivity contribution in [2.75, 3.05) is 10.6 Å². The van der Waals surface area contributed by atoms with Crippen molar-refractivity contribution in [3.8, 4) is 0 Å². The molecule has 0 aromatic heterocycles. The van der Waals surface area contributed by atoms with E-state index in [0.29, 0.717) is 0 Å². The SMILES string of the molecule is [B]c1ccc(Nc2ccccc2Nc2ccc(Br)cc2)cc1. The summed E-state index contributed by atoms with van der Waals surface area (Å²) in [6.07, 6.45) is 0. The third-order valence-corrected chi connectivity index (χ3v) is 3.77. The lowest BCUT2D eigenvalue weighted by Crippen LogP contribution is -2.02. The maximum absolute atomic E-state index is 5.72. The number of hydrogen-bond donors (Lipinski definition) is 2. The van der Waals surface area contributed by atoms with Crippen LogP contribution in [0.25, 0.3) is 0 Å². The second-order valence-corrected chi connectivity index (χ2v) is 5.84. The molecule has 2 radical (unpaired) electrons. The second kappa shape index (κ2) is 6.71. The predicted molar refractivity (Wildman–Crippen MR) is 99.0 cm³/mol. The lowest BCUT2D eigenvalue weighted by Gasteiger charge is -2.14. The minimum atomic E-state index is 0.756. The smallest absolute Gasteiger partial charge is 0.113 e. The molecule has 2 nitrogen and oxygen atoms in total. The zero-order valence-electron chi connectivity index (χ0n) is 11.9. The van der Waals surface area contributed by atoms with Crippen LogP contribution >= 0.6 is 15.9 Å². The van der Waals surface area contributed by atoms with Crippen molar-refractivity contribution in [3.63, 3.8) is 0 Å². The molecule has 0 aliphatic rings. The summed E-state index contributed by atoms with van der Waals surface area (Å²) in [7, 11) is 5.72. The first-order valence-electron chi connectivity index (χ1n) is 6.95. The number of para-hydroxylation sites is 2. The Kier molecular flexibility index (Phi) is 4.49. The first-order chi connectivity index (χ1) is 10.7. The molecule has 0 saturated heterocycles. The molecule has 106 valence electrons. The Morgan fingerprint density at radius 2 is 1.09 bits per heavy atom. The first kappa shape index (κ1) is 14.7. The molecule has 0 unspecified atom stereocenters. The van der Waals surface area contributed by atoms with Crippen LogP contribution in [0.3, 0.4) is 0 Å². The third-order valence-electron chi connectivity index (χ3n) is 3.24. The van der Waals surface area contributed by atoms with Gasteiger partial charge >= 0.3 is 0 Å². The van der Waals surface area contributed by atoms with E-state index in [1.165, 1.54) is 0 Å². The minimum absolute atomic E-state index is 0.756. The quantitative estimate of drug-likeness (QED) is 0.666. The lowest BCUT2D eigenvalue weighted by atomic mass is 9.96. The third kappa shape index (κ3) is 3.71. The molecule has 0 amide bonds. The van der Waals surface area contributed by atoms with Gasteiger partial charge in [0.2, 0.25) is 0 Å². The Hall–Kier alpha value is -2.20. The summed E-state index contributed by atoms with van der Waals surface area (Å²) in [6, 6.07) is 23.9. The minimum Gasteiger partial charge on any atom is -0.354 e. The molecule has 0 fully saturated rings. The molecule has 0 aliphatic heterocycles. The molecule has 0 spiro atoms. The monoisotopic (exact) mass is 348 g/mol. The summed E-state index contributed by atoms with van der Waals surface area (Å²) in [4.78, 5) is 0. The predicted octanol–water partition coefficient (Wildman–Crippen LogP) is 4.73. The standard InChI is InChI=1S/C18H14BBrN2/c19-13-5-9-15(10-6-13)21-17-3-1-2-4-18(17)22-16-11-7-14(20)8-12-16/h1-12,21-22H. The van der Waals surface area contributed by atoms with Gasteiger partial charge in [0.25, 0.3) is 0 Å². The van der Waals surface area contributed by atoms with Crippen molar-refractivity contribution in [2.24, 2.45) is 0 Å². The summed E-state index contributed by atoms with van der Waals surface area (Å²) < 4.78 is 1.06. The van der Waals surface area contributed by atoms with E-state index >= 15 is 0 Å². The largest absolute Gasteiger partial charge is 0.354 e. The molecular formula is C18H14BBrN2. The molecule has 0 aliphatic carbocycles. The number of benzene rings is 3. The molecule has 3 aromatic rings. The summed E-state index contributed by atoms with van der Waals surface area (Å²) in [5, 5.41) is 6.83. The maximum atomic E-state index is 5.72. The Bertz CT molecular complexity index is 688. The van der Waals surface area contributed by atoms with Crippen molar-refractivity contribution in [1.82, 2.24) is 0 Å². The van der Waals surface area contributed by atoms with Crippen LogP contribution in [-0.2, 0) is 0 Å². The Morgan fingerprint density at radius 3 is 1.59 bits per heavy atom. The highest BCUT2D eigenvalue weighted by molar-refractivity contribution is 9.10. The number of rotatable bonds is 4. The Balaban J connectivity index is 1.83. The van der Waals surface area contributed by atoms with Crippen LogP contribution < -0.4 is 16.1 Å². The van der Waals surface area contributed by atoms with Crippen LogP contribution in [0.4, 0.5) is 22.7 Å². The van der Waals surface area contributed by atoms with Gasteiger partial charge in [0.1, 0.15) is 7.85 Å². The molecule has 0 atom stereocenters. The van der Waals surface area contributed by atoms with Crippen molar-refractivity contribution in [1.29, 1.82) is 0 Å². The van der Waals surface area contributed by atoms with E-state index < -0.39 is 0 Å². The maximum Gasteiger partial charge on any atom is 0.113 e. The molecule has 4 heteroatoms. The van der Waals surface area contributed by atoms with Gasteiger partial charge in [-0.3, -0.25) is 0 Å². The first-order valence-corrected chi connectivity index (χ1v) is 7.74. The summed E-state index contributed by atoms with van der Waals surface area (Å²) in [5.41, 5.74) is 4.82. The fourth-order valence-electron chi connectivity index (χ4n) is 2.11. The molecule has 0 saturated carbocycles. The zero-order valence-corrected chi connectivity index (χ0v) is 13.5. The van der Waals surface area contributed by atoms with E-state index in [-0.39, 0.29) is 0 Å². The highest BCUT2D eigenvalue weighted by Crippen LogP contribution is 2.28. The van der Waals surface area contributed by atoms with Crippen LogP contribution in [0.5, 0.6) is 0 Å². The fourth-order valence-corrected chi connectivity index (χ4v) is 2.38. The molecule has 3 rings (SSSR count). The Labute approximate surface area is 140 Å². The van der Waals surface area contributed by atoms with Gasteiger partial charge in [-0.1, -0.05) is 45.7 Å². The van der Waals surface area contributed by atoms with Gasteiger partial charge in [0.05, 0.1) is 11.4 Å². The van der Waals surface area contributed by atoms with Gasteiger partial charge < -0.3 is 10.6 Å². The van der Waals surface area contributed by atoms with Gasteiger partial charge in [0.15, 0.2) is 0 Å². The number of halogens is 1. The van der Waals surface area contributed by atoms with E-state index in [9.17, 15) is 0 Å². The van der Waals surface area contributed by atoms with E-state index in [0.717, 1.165) is 32.7 Å².